The molecule has 0 spiro atoms. The predicted molar refractivity (Wildman–Crippen MR) is 80.9 cm³/mol. The Morgan fingerprint density at radius 1 is 1.05 bits per heavy atom. The molecule has 0 fully saturated rings. The second-order valence-electron chi connectivity index (χ2n) is 4.73. The van der Waals surface area contributed by atoms with Gasteiger partial charge in [0.25, 0.3) is 0 Å². The number of nitrogens with one attached hydrogen (secondary N) is 2. The van der Waals surface area contributed by atoms with E-state index in [4.69, 9.17) is 0 Å². The molecule has 3 aromatic rings. The molecule has 0 bridgehead atoms. The van der Waals surface area contributed by atoms with E-state index in [1.807, 2.05) is 12.1 Å². The number of aromatic amines is 1. The van der Waals surface area contributed by atoms with E-state index in [0.29, 0.717) is 11.3 Å². The molecule has 21 heavy (non-hydrogen) atoms. The predicted octanol–water partition coefficient (Wildman–Crippen LogP) is 3.25. The maximum absolute atomic E-state index is 12.8. The van der Waals surface area contributed by atoms with Crippen LogP contribution in [0.5, 0.6) is 0 Å². The van der Waals surface area contributed by atoms with E-state index in [-0.39, 0.29) is 11.6 Å². The highest BCUT2D eigenvalue weighted by Crippen LogP contribution is 2.23. The van der Waals surface area contributed by atoms with Crippen LogP contribution >= 0.6 is 0 Å². The van der Waals surface area contributed by atoms with Gasteiger partial charge in [0.1, 0.15) is 5.82 Å². The molecule has 0 aliphatic carbocycles. The van der Waals surface area contributed by atoms with Gasteiger partial charge < -0.3 is 4.98 Å². The lowest BCUT2D eigenvalue weighted by Crippen LogP contribution is -2.15. The van der Waals surface area contributed by atoms with E-state index in [1.54, 1.807) is 18.3 Å². The Morgan fingerprint density at radius 2 is 1.81 bits per heavy atom. The van der Waals surface area contributed by atoms with Crippen LogP contribution in [0, 0.1) is 5.82 Å². The Morgan fingerprint density at radius 3 is 2.57 bits per heavy atom. The summed E-state index contributed by atoms with van der Waals surface area (Å²) in [5.41, 5.74) is 1.91. The normalized spacial score (nSPS) is 11.7. The zero-order chi connectivity index (χ0) is 14.9. The van der Waals surface area contributed by atoms with Gasteiger partial charge >= 0.3 is 0 Å². The number of rotatable bonds is 4. The van der Waals surface area contributed by atoms with Gasteiger partial charge in [0, 0.05) is 17.1 Å². The fourth-order valence-corrected chi connectivity index (χ4v) is 3.39. The van der Waals surface area contributed by atoms with Gasteiger partial charge in [0.2, 0.25) is 10.0 Å². The molecule has 0 aliphatic heterocycles. The monoisotopic (exact) mass is 304 g/mol. The average Bonchev–Trinajstić information content (AvgIpc) is 2.90. The van der Waals surface area contributed by atoms with Crippen LogP contribution in [0.4, 0.5) is 10.1 Å². The molecule has 3 rings (SSSR count). The molecule has 0 saturated carbocycles. The third kappa shape index (κ3) is 3.05. The van der Waals surface area contributed by atoms with E-state index in [0.717, 1.165) is 10.9 Å². The minimum Gasteiger partial charge on any atom is -0.361 e. The van der Waals surface area contributed by atoms with Gasteiger partial charge in [0.05, 0.1) is 11.4 Å². The Balaban J connectivity index is 1.86. The number of H-pyrrole nitrogens is 1. The third-order valence-corrected chi connectivity index (χ3v) is 4.37. The lowest BCUT2D eigenvalue weighted by molar-refractivity contribution is 0.600. The number of halogens is 1. The van der Waals surface area contributed by atoms with Crippen LogP contribution in [0.15, 0.2) is 54.7 Å². The summed E-state index contributed by atoms with van der Waals surface area (Å²) >= 11 is 0. The molecule has 0 unspecified atom stereocenters. The Hall–Kier alpha value is -2.34. The van der Waals surface area contributed by atoms with Crippen LogP contribution in [-0.4, -0.2) is 13.4 Å². The lowest BCUT2D eigenvalue weighted by atomic mass is 10.2. The fourth-order valence-electron chi connectivity index (χ4n) is 2.18. The molecule has 2 N–H and O–H groups in total. The highest BCUT2D eigenvalue weighted by molar-refractivity contribution is 7.91. The van der Waals surface area contributed by atoms with Gasteiger partial charge in [0.15, 0.2) is 0 Å². The fraction of sp³-hybridized carbons (Fsp3) is 0.0667. The molecule has 0 atom stereocenters. The second kappa shape index (κ2) is 5.21. The molecule has 0 saturated heterocycles. The highest BCUT2D eigenvalue weighted by atomic mass is 32.2. The smallest absolute Gasteiger partial charge is 0.236 e. The van der Waals surface area contributed by atoms with Crippen molar-refractivity contribution < 1.29 is 12.8 Å². The van der Waals surface area contributed by atoms with Crippen LogP contribution < -0.4 is 4.72 Å². The van der Waals surface area contributed by atoms with Crippen molar-refractivity contribution in [1.82, 2.24) is 4.98 Å². The molecule has 0 radical (unpaired) electrons. The molecule has 6 heteroatoms. The van der Waals surface area contributed by atoms with E-state index in [2.05, 4.69) is 9.71 Å². The molecular formula is C15H13FN2O2S. The molecular weight excluding hydrogens is 291 g/mol. The van der Waals surface area contributed by atoms with Crippen LogP contribution in [0.1, 0.15) is 5.56 Å². The summed E-state index contributed by atoms with van der Waals surface area (Å²) < 4.78 is 39.8. The van der Waals surface area contributed by atoms with Gasteiger partial charge in [-0.2, -0.15) is 0 Å². The summed E-state index contributed by atoms with van der Waals surface area (Å²) in [6.45, 7) is 0. The highest BCUT2D eigenvalue weighted by Gasteiger charge is 2.13. The van der Waals surface area contributed by atoms with Crippen molar-refractivity contribution in [3.63, 3.8) is 0 Å². The summed E-state index contributed by atoms with van der Waals surface area (Å²) in [6.07, 6.45) is 1.75. The van der Waals surface area contributed by atoms with Crippen LogP contribution in [0.25, 0.3) is 10.9 Å². The maximum atomic E-state index is 12.8. The van der Waals surface area contributed by atoms with Crippen molar-refractivity contribution in [3.8, 4) is 0 Å². The molecule has 0 amide bonds. The summed E-state index contributed by atoms with van der Waals surface area (Å²) in [6, 6.07) is 12.6. The van der Waals surface area contributed by atoms with Crippen molar-refractivity contribution in [3.05, 3.63) is 66.1 Å². The first-order valence-corrected chi connectivity index (χ1v) is 8.00. The molecule has 108 valence electrons. The standard InChI is InChI=1S/C15H13FN2O2S/c16-12-6-4-11(5-7-12)10-21(19,20)18-15-3-1-2-14-13(15)8-9-17-14/h1-9,17-18H,10H2. The van der Waals surface area contributed by atoms with Gasteiger partial charge in [-0.1, -0.05) is 18.2 Å². The van der Waals surface area contributed by atoms with Gasteiger partial charge in [-0.05, 0) is 35.9 Å². The van der Waals surface area contributed by atoms with Crippen molar-refractivity contribution >= 4 is 26.6 Å². The van der Waals surface area contributed by atoms with Gasteiger partial charge in [-0.25, -0.2) is 12.8 Å². The molecule has 1 aromatic heterocycles. The van der Waals surface area contributed by atoms with E-state index in [9.17, 15) is 12.8 Å². The van der Waals surface area contributed by atoms with Crippen molar-refractivity contribution in [2.75, 3.05) is 4.72 Å². The van der Waals surface area contributed by atoms with Crippen molar-refractivity contribution in [2.24, 2.45) is 0 Å². The topological polar surface area (TPSA) is 62.0 Å². The first kappa shape index (κ1) is 13.6. The third-order valence-electron chi connectivity index (χ3n) is 3.13. The summed E-state index contributed by atoms with van der Waals surface area (Å²) in [7, 11) is -3.56. The summed E-state index contributed by atoms with van der Waals surface area (Å²) in [4.78, 5) is 3.03. The van der Waals surface area contributed by atoms with E-state index >= 15 is 0 Å². The number of hydrogen-bond acceptors (Lipinski definition) is 2. The zero-order valence-electron chi connectivity index (χ0n) is 11.0. The van der Waals surface area contributed by atoms with Gasteiger partial charge in [-0.3, -0.25) is 4.72 Å². The van der Waals surface area contributed by atoms with Crippen molar-refractivity contribution in [2.45, 2.75) is 5.75 Å². The van der Waals surface area contributed by atoms with E-state index < -0.39 is 10.0 Å². The largest absolute Gasteiger partial charge is 0.361 e. The van der Waals surface area contributed by atoms with Crippen LogP contribution in [0.3, 0.4) is 0 Å². The first-order valence-electron chi connectivity index (χ1n) is 6.34. The van der Waals surface area contributed by atoms with Gasteiger partial charge in [-0.15, -0.1) is 0 Å². The number of aromatic nitrogens is 1. The minimum atomic E-state index is -3.56. The quantitative estimate of drug-likeness (QED) is 0.777. The summed E-state index contributed by atoms with van der Waals surface area (Å²) in [5, 5.41) is 0.806. The number of benzene rings is 2. The zero-order valence-corrected chi connectivity index (χ0v) is 11.8. The first-order chi connectivity index (χ1) is 10.0. The maximum Gasteiger partial charge on any atom is 0.236 e. The Labute approximate surface area is 121 Å². The lowest BCUT2D eigenvalue weighted by Gasteiger charge is -2.09. The average molecular weight is 304 g/mol. The second-order valence-corrected chi connectivity index (χ2v) is 6.45. The Kier molecular flexibility index (Phi) is 3.39. The number of fused-ring (bicyclic) bond motifs is 1. The van der Waals surface area contributed by atoms with Crippen LogP contribution in [0.2, 0.25) is 0 Å². The molecule has 0 aliphatic rings. The van der Waals surface area contributed by atoms with Crippen molar-refractivity contribution in [1.29, 1.82) is 0 Å². The molecule has 2 aromatic carbocycles. The number of sulfonamides is 1. The summed E-state index contributed by atoms with van der Waals surface area (Å²) in [5.74, 6) is -0.588. The SMILES string of the molecule is O=S(=O)(Cc1ccc(F)cc1)Nc1cccc2[nH]ccc12. The van der Waals surface area contributed by atoms with E-state index in [1.165, 1.54) is 24.3 Å². The minimum absolute atomic E-state index is 0.200. The Bertz CT molecular complexity index is 870. The molecule has 1 heterocycles. The molecule has 4 nitrogen and oxygen atoms in total. The van der Waals surface area contributed by atoms with Crippen LogP contribution in [-0.2, 0) is 15.8 Å². The number of anilines is 1. The number of hydrogen-bond donors (Lipinski definition) is 2.